The molecule has 1 aliphatic carbocycles. The molecule has 0 amide bonds. The highest BCUT2D eigenvalue weighted by Crippen LogP contribution is 2.18. The maximum Gasteiger partial charge on any atom is 0.128 e. The first-order valence-electron chi connectivity index (χ1n) is 5.24. The standard InChI is InChI=1S/C11H16N2/c1-2-5-11-12-8-9-6-3-4-7-10(9)13-11/h8H,2-7H2,1H3. The lowest BCUT2D eigenvalue weighted by Gasteiger charge is -2.14. The summed E-state index contributed by atoms with van der Waals surface area (Å²) in [5.41, 5.74) is 2.69. The van der Waals surface area contributed by atoms with Crippen molar-refractivity contribution in [2.24, 2.45) is 0 Å². The molecule has 1 heterocycles. The van der Waals surface area contributed by atoms with Crippen LogP contribution >= 0.6 is 0 Å². The van der Waals surface area contributed by atoms with Gasteiger partial charge in [0.15, 0.2) is 0 Å². The third-order valence-corrected chi connectivity index (χ3v) is 2.59. The van der Waals surface area contributed by atoms with Crippen LogP contribution in [0.2, 0.25) is 0 Å². The quantitative estimate of drug-likeness (QED) is 0.691. The van der Waals surface area contributed by atoms with E-state index in [4.69, 9.17) is 0 Å². The van der Waals surface area contributed by atoms with Crippen molar-refractivity contribution in [2.75, 3.05) is 0 Å². The predicted octanol–water partition coefficient (Wildman–Crippen LogP) is 2.31. The van der Waals surface area contributed by atoms with Crippen LogP contribution in [0, 0.1) is 0 Å². The molecule has 0 aliphatic heterocycles. The van der Waals surface area contributed by atoms with Gasteiger partial charge in [-0.2, -0.15) is 0 Å². The van der Waals surface area contributed by atoms with E-state index in [0.717, 1.165) is 25.1 Å². The summed E-state index contributed by atoms with van der Waals surface area (Å²) in [5.74, 6) is 1.03. The summed E-state index contributed by atoms with van der Waals surface area (Å²) in [6.45, 7) is 2.17. The third kappa shape index (κ3) is 1.87. The molecule has 13 heavy (non-hydrogen) atoms. The first kappa shape index (κ1) is 8.67. The number of fused-ring (bicyclic) bond motifs is 1. The molecule has 2 heteroatoms. The maximum atomic E-state index is 4.59. The zero-order valence-electron chi connectivity index (χ0n) is 8.21. The Balaban J connectivity index is 2.24. The highest BCUT2D eigenvalue weighted by atomic mass is 14.9. The lowest BCUT2D eigenvalue weighted by Crippen LogP contribution is -2.08. The molecule has 2 rings (SSSR count). The molecule has 1 aliphatic rings. The molecule has 2 nitrogen and oxygen atoms in total. The van der Waals surface area contributed by atoms with Gasteiger partial charge in [0, 0.05) is 18.3 Å². The van der Waals surface area contributed by atoms with E-state index in [1.165, 1.54) is 30.5 Å². The Labute approximate surface area is 79.4 Å². The van der Waals surface area contributed by atoms with Crippen molar-refractivity contribution in [2.45, 2.75) is 45.4 Å². The number of rotatable bonds is 2. The summed E-state index contributed by atoms with van der Waals surface area (Å²) in [7, 11) is 0. The fourth-order valence-electron chi connectivity index (χ4n) is 1.86. The van der Waals surface area contributed by atoms with Gasteiger partial charge in [0.25, 0.3) is 0 Å². The molecule has 0 unspecified atom stereocenters. The van der Waals surface area contributed by atoms with E-state index in [1.807, 2.05) is 6.20 Å². The van der Waals surface area contributed by atoms with Crippen LogP contribution in [0.25, 0.3) is 0 Å². The van der Waals surface area contributed by atoms with E-state index in [0.29, 0.717) is 0 Å². The zero-order chi connectivity index (χ0) is 9.10. The molecule has 70 valence electrons. The van der Waals surface area contributed by atoms with Gasteiger partial charge in [0.2, 0.25) is 0 Å². The van der Waals surface area contributed by atoms with Gasteiger partial charge < -0.3 is 0 Å². The van der Waals surface area contributed by atoms with E-state index < -0.39 is 0 Å². The molecule has 0 saturated heterocycles. The van der Waals surface area contributed by atoms with Gasteiger partial charge in [0.1, 0.15) is 5.82 Å². The molecule has 0 fully saturated rings. The second kappa shape index (κ2) is 3.86. The minimum atomic E-state index is 1.02. The second-order valence-electron chi connectivity index (χ2n) is 3.72. The molecule has 0 saturated carbocycles. The summed E-state index contributed by atoms with van der Waals surface area (Å²) in [6.07, 6.45) is 9.15. The third-order valence-electron chi connectivity index (χ3n) is 2.59. The molecular weight excluding hydrogens is 160 g/mol. The topological polar surface area (TPSA) is 25.8 Å². The summed E-state index contributed by atoms with van der Waals surface area (Å²) in [6, 6.07) is 0. The summed E-state index contributed by atoms with van der Waals surface area (Å²) in [5, 5.41) is 0. The molecule has 0 aromatic carbocycles. The Bertz CT molecular complexity index is 294. The van der Waals surface area contributed by atoms with Crippen LogP contribution in [0.3, 0.4) is 0 Å². The Hall–Kier alpha value is -0.920. The Morgan fingerprint density at radius 1 is 1.31 bits per heavy atom. The molecular formula is C11H16N2. The second-order valence-corrected chi connectivity index (χ2v) is 3.72. The molecule has 0 atom stereocenters. The van der Waals surface area contributed by atoms with E-state index in [1.54, 1.807) is 0 Å². The van der Waals surface area contributed by atoms with Crippen LogP contribution in [-0.2, 0) is 19.3 Å². The highest BCUT2D eigenvalue weighted by molar-refractivity contribution is 5.20. The van der Waals surface area contributed by atoms with Crippen molar-refractivity contribution >= 4 is 0 Å². The van der Waals surface area contributed by atoms with Crippen molar-refractivity contribution in [1.29, 1.82) is 0 Å². The molecule has 0 N–H and O–H groups in total. The van der Waals surface area contributed by atoms with Gasteiger partial charge in [-0.3, -0.25) is 0 Å². The number of hydrogen-bond acceptors (Lipinski definition) is 2. The minimum Gasteiger partial charge on any atom is -0.241 e. The van der Waals surface area contributed by atoms with Crippen LogP contribution in [0.5, 0.6) is 0 Å². The summed E-state index contributed by atoms with van der Waals surface area (Å²) in [4.78, 5) is 8.96. The van der Waals surface area contributed by atoms with E-state index in [-0.39, 0.29) is 0 Å². The monoisotopic (exact) mass is 176 g/mol. The van der Waals surface area contributed by atoms with E-state index >= 15 is 0 Å². The van der Waals surface area contributed by atoms with Gasteiger partial charge in [-0.15, -0.1) is 0 Å². The van der Waals surface area contributed by atoms with Gasteiger partial charge in [-0.1, -0.05) is 6.92 Å². The lowest BCUT2D eigenvalue weighted by molar-refractivity contribution is 0.651. The molecule has 0 bridgehead atoms. The average Bonchev–Trinajstić information content (AvgIpc) is 2.18. The van der Waals surface area contributed by atoms with E-state index in [2.05, 4.69) is 16.9 Å². The van der Waals surface area contributed by atoms with Crippen LogP contribution in [0.4, 0.5) is 0 Å². The van der Waals surface area contributed by atoms with Gasteiger partial charge in [-0.25, -0.2) is 9.97 Å². The SMILES string of the molecule is CCCc1ncc2c(n1)CCCC2. The molecule has 1 aromatic rings. The zero-order valence-corrected chi connectivity index (χ0v) is 8.21. The normalized spacial score (nSPS) is 15.5. The fourth-order valence-corrected chi connectivity index (χ4v) is 1.86. The first-order chi connectivity index (χ1) is 6.40. The number of hydrogen-bond donors (Lipinski definition) is 0. The fraction of sp³-hybridized carbons (Fsp3) is 0.636. The van der Waals surface area contributed by atoms with Crippen molar-refractivity contribution < 1.29 is 0 Å². The number of nitrogens with zero attached hydrogens (tertiary/aromatic N) is 2. The smallest absolute Gasteiger partial charge is 0.128 e. The number of aromatic nitrogens is 2. The van der Waals surface area contributed by atoms with Crippen molar-refractivity contribution in [3.8, 4) is 0 Å². The Kier molecular flexibility index (Phi) is 2.57. The number of aryl methyl sites for hydroxylation is 3. The molecule has 1 aromatic heterocycles. The van der Waals surface area contributed by atoms with Gasteiger partial charge in [0.05, 0.1) is 0 Å². The highest BCUT2D eigenvalue weighted by Gasteiger charge is 2.11. The Morgan fingerprint density at radius 2 is 2.15 bits per heavy atom. The van der Waals surface area contributed by atoms with Crippen molar-refractivity contribution in [3.05, 3.63) is 23.3 Å². The lowest BCUT2D eigenvalue weighted by atomic mass is 9.97. The van der Waals surface area contributed by atoms with Gasteiger partial charge >= 0.3 is 0 Å². The average molecular weight is 176 g/mol. The van der Waals surface area contributed by atoms with Crippen LogP contribution in [0.15, 0.2) is 6.20 Å². The predicted molar refractivity (Wildman–Crippen MR) is 52.7 cm³/mol. The van der Waals surface area contributed by atoms with Crippen molar-refractivity contribution in [3.63, 3.8) is 0 Å². The van der Waals surface area contributed by atoms with Crippen molar-refractivity contribution in [1.82, 2.24) is 9.97 Å². The van der Waals surface area contributed by atoms with E-state index in [9.17, 15) is 0 Å². The van der Waals surface area contributed by atoms with Gasteiger partial charge in [-0.05, 0) is 37.7 Å². The summed E-state index contributed by atoms with van der Waals surface area (Å²) < 4.78 is 0. The van der Waals surface area contributed by atoms with Crippen LogP contribution < -0.4 is 0 Å². The van der Waals surface area contributed by atoms with Crippen LogP contribution in [0.1, 0.15) is 43.3 Å². The molecule has 0 spiro atoms. The first-order valence-corrected chi connectivity index (χ1v) is 5.24. The summed E-state index contributed by atoms with van der Waals surface area (Å²) >= 11 is 0. The van der Waals surface area contributed by atoms with Crippen LogP contribution in [-0.4, -0.2) is 9.97 Å². The Morgan fingerprint density at radius 3 is 3.00 bits per heavy atom. The maximum absolute atomic E-state index is 4.59. The molecule has 0 radical (unpaired) electrons. The minimum absolute atomic E-state index is 1.02. The largest absolute Gasteiger partial charge is 0.241 e.